The second-order valence-corrected chi connectivity index (χ2v) is 10.5. The van der Waals surface area contributed by atoms with Gasteiger partial charge in [0.05, 0.1) is 11.6 Å². The number of ether oxygens (including phenoxy) is 1. The highest BCUT2D eigenvalue weighted by Crippen LogP contribution is 2.42. The number of aromatic hydroxyl groups is 1. The van der Waals surface area contributed by atoms with Crippen LogP contribution < -0.4 is 26.0 Å². The molecule has 0 aliphatic carbocycles. The number of nitrogens with zero attached hydrogens (tertiary/aromatic N) is 3. The van der Waals surface area contributed by atoms with Crippen molar-refractivity contribution >= 4 is 45.1 Å². The molecule has 0 radical (unpaired) electrons. The first-order valence-electron chi connectivity index (χ1n) is 13.0. The standard InChI is InChI=1S/C28H29ClFN7O2/c29-22-12-21-25(24(30)23(22)20-11-18(38)10-15-4-1-2-5-19(15)20)35-28(39-9-3-8-33-27(31)32)36-26(21)37-13-16-6-7-17(14-37)34-16/h1-2,4-5,10-12,16-17,34,38H,3,6-9,13-14H2,(H4,31,32,33). The van der Waals surface area contributed by atoms with E-state index in [1.807, 2.05) is 24.3 Å². The van der Waals surface area contributed by atoms with Gasteiger partial charge in [-0.05, 0) is 53.8 Å². The van der Waals surface area contributed by atoms with Gasteiger partial charge in [-0.2, -0.15) is 9.97 Å². The Morgan fingerprint density at radius 3 is 2.72 bits per heavy atom. The van der Waals surface area contributed by atoms with E-state index in [2.05, 4.69) is 20.5 Å². The SMILES string of the molecule is N=C(N)NCCCOc1nc(N2CC3CCC(C2)N3)c2cc(Cl)c(-c3cc(O)cc4ccccc34)c(F)c2n1. The lowest BCUT2D eigenvalue weighted by molar-refractivity contribution is 0.288. The highest BCUT2D eigenvalue weighted by Gasteiger charge is 2.34. The second-order valence-electron chi connectivity index (χ2n) is 10.1. The van der Waals surface area contributed by atoms with E-state index in [9.17, 15) is 5.11 Å². The molecule has 2 saturated heterocycles. The molecule has 2 atom stereocenters. The number of hydrogen-bond acceptors (Lipinski definition) is 7. The molecule has 202 valence electrons. The number of anilines is 1. The molecule has 11 heteroatoms. The zero-order chi connectivity index (χ0) is 27.1. The average Bonchev–Trinajstić information content (AvgIpc) is 3.25. The van der Waals surface area contributed by atoms with E-state index in [1.165, 1.54) is 6.07 Å². The molecule has 0 spiro atoms. The first kappa shape index (κ1) is 25.4. The minimum atomic E-state index is -0.599. The highest BCUT2D eigenvalue weighted by atomic mass is 35.5. The molecule has 0 saturated carbocycles. The van der Waals surface area contributed by atoms with E-state index < -0.39 is 5.82 Å². The molecular formula is C28H29ClFN7O2. The lowest BCUT2D eigenvalue weighted by atomic mass is 9.96. The maximum atomic E-state index is 16.5. The smallest absolute Gasteiger partial charge is 0.319 e. The van der Waals surface area contributed by atoms with Gasteiger partial charge in [-0.15, -0.1) is 0 Å². The number of halogens is 2. The summed E-state index contributed by atoms with van der Waals surface area (Å²) in [5.41, 5.74) is 6.09. The Hall–Kier alpha value is -3.89. The fourth-order valence-corrected chi connectivity index (χ4v) is 5.94. The molecule has 3 aromatic carbocycles. The monoisotopic (exact) mass is 549 g/mol. The summed E-state index contributed by atoms with van der Waals surface area (Å²) in [4.78, 5) is 11.4. The van der Waals surface area contributed by atoms with Crippen molar-refractivity contribution in [1.29, 1.82) is 5.41 Å². The highest BCUT2D eigenvalue weighted by molar-refractivity contribution is 6.35. The molecule has 39 heavy (non-hydrogen) atoms. The van der Waals surface area contributed by atoms with Crippen LogP contribution in [-0.2, 0) is 0 Å². The minimum Gasteiger partial charge on any atom is -0.508 e. The van der Waals surface area contributed by atoms with Crippen LogP contribution in [0.2, 0.25) is 5.02 Å². The Bertz CT molecular complexity index is 1570. The first-order valence-corrected chi connectivity index (χ1v) is 13.4. The minimum absolute atomic E-state index is 0.0159. The maximum absolute atomic E-state index is 16.5. The van der Waals surface area contributed by atoms with Crippen LogP contribution in [0.3, 0.4) is 0 Å². The number of hydrogen-bond donors (Lipinski definition) is 5. The number of phenolic OH excluding ortho intramolecular Hbond substituents is 1. The molecule has 1 aromatic heterocycles. The third-order valence-corrected chi connectivity index (χ3v) is 7.64. The quantitative estimate of drug-likeness (QED) is 0.132. The van der Waals surface area contributed by atoms with Gasteiger partial charge in [0.25, 0.3) is 0 Å². The van der Waals surface area contributed by atoms with Gasteiger partial charge in [-0.3, -0.25) is 5.41 Å². The molecule has 6 rings (SSSR count). The van der Waals surface area contributed by atoms with Crippen molar-refractivity contribution in [2.75, 3.05) is 31.1 Å². The number of guanidine groups is 1. The van der Waals surface area contributed by atoms with Crippen molar-refractivity contribution in [2.24, 2.45) is 5.73 Å². The number of rotatable bonds is 7. The molecule has 2 fully saturated rings. The van der Waals surface area contributed by atoms with Crippen molar-refractivity contribution in [3.05, 3.63) is 53.3 Å². The van der Waals surface area contributed by atoms with E-state index in [0.717, 1.165) is 36.7 Å². The molecule has 0 amide bonds. The third kappa shape index (κ3) is 4.97. The van der Waals surface area contributed by atoms with Gasteiger partial charge in [-0.1, -0.05) is 35.9 Å². The summed E-state index contributed by atoms with van der Waals surface area (Å²) in [6.07, 6.45) is 2.72. The Morgan fingerprint density at radius 2 is 1.95 bits per heavy atom. The van der Waals surface area contributed by atoms with E-state index in [0.29, 0.717) is 41.8 Å². The van der Waals surface area contributed by atoms with E-state index >= 15 is 4.39 Å². The number of piperazine rings is 1. The van der Waals surface area contributed by atoms with Crippen LogP contribution >= 0.6 is 11.6 Å². The summed E-state index contributed by atoms with van der Waals surface area (Å²) in [6.45, 7) is 2.19. The predicted octanol–water partition coefficient (Wildman–Crippen LogP) is 4.14. The number of fused-ring (bicyclic) bond motifs is 4. The molecule has 2 unspecified atom stereocenters. The van der Waals surface area contributed by atoms with Crippen LogP contribution in [0.25, 0.3) is 32.8 Å². The number of phenols is 1. The summed E-state index contributed by atoms with van der Waals surface area (Å²) < 4.78 is 22.4. The van der Waals surface area contributed by atoms with Gasteiger partial charge >= 0.3 is 6.01 Å². The van der Waals surface area contributed by atoms with E-state index in [-0.39, 0.29) is 40.4 Å². The van der Waals surface area contributed by atoms with E-state index in [1.54, 1.807) is 12.1 Å². The number of nitrogens with two attached hydrogens (primary N) is 1. The zero-order valence-corrected chi connectivity index (χ0v) is 21.9. The molecule has 4 aromatic rings. The van der Waals surface area contributed by atoms with Gasteiger partial charge < -0.3 is 31.1 Å². The van der Waals surface area contributed by atoms with Crippen molar-refractivity contribution < 1.29 is 14.2 Å². The van der Waals surface area contributed by atoms with Crippen molar-refractivity contribution in [1.82, 2.24) is 20.6 Å². The molecular weight excluding hydrogens is 521 g/mol. The fraction of sp³-hybridized carbons (Fsp3) is 0.321. The van der Waals surface area contributed by atoms with Crippen LogP contribution in [0.1, 0.15) is 19.3 Å². The number of aromatic nitrogens is 2. The van der Waals surface area contributed by atoms with Crippen LogP contribution in [0.15, 0.2) is 42.5 Å². The predicted molar refractivity (Wildman–Crippen MR) is 151 cm³/mol. The Morgan fingerprint density at radius 1 is 1.18 bits per heavy atom. The molecule has 3 heterocycles. The number of benzene rings is 3. The summed E-state index contributed by atoms with van der Waals surface area (Å²) in [6, 6.07) is 13.1. The van der Waals surface area contributed by atoms with Crippen LogP contribution in [-0.4, -0.2) is 59.4 Å². The normalized spacial score (nSPS) is 18.6. The van der Waals surface area contributed by atoms with Gasteiger partial charge in [-0.25, -0.2) is 4.39 Å². The zero-order valence-electron chi connectivity index (χ0n) is 21.2. The van der Waals surface area contributed by atoms with Crippen molar-refractivity contribution in [3.63, 3.8) is 0 Å². The van der Waals surface area contributed by atoms with Crippen molar-refractivity contribution in [3.8, 4) is 22.9 Å². The maximum Gasteiger partial charge on any atom is 0.319 e. The third-order valence-electron chi connectivity index (χ3n) is 7.34. The Labute approximate surface area is 229 Å². The van der Waals surface area contributed by atoms with Gasteiger partial charge in [0, 0.05) is 42.7 Å². The van der Waals surface area contributed by atoms with Crippen LogP contribution in [0, 0.1) is 11.2 Å². The van der Waals surface area contributed by atoms with Crippen LogP contribution in [0.4, 0.5) is 10.2 Å². The lowest BCUT2D eigenvalue weighted by Gasteiger charge is -2.34. The van der Waals surface area contributed by atoms with E-state index in [4.69, 9.17) is 32.5 Å². The first-order chi connectivity index (χ1) is 18.9. The van der Waals surface area contributed by atoms with Crippen LogP contribution in [0.5, 0.6) is 11.8 Å². The molecule has 2 aliphatic rings. The van der Waals surface area contributed by atoms with Crippen molar-refractivity contribution in [2.45, 2.75) is 31.3 Å². The molecule has 6 N–H and O–H groups in total. The number of nitrogens with one attached hydrogen (secondary N) is 3. The summed E-state index contributed by atoms with van der Waals surface area (Å²) >= 11 is 6.79. The van der Waals surface area contributed by atoms with Gasteiger partial charge in [0.15, 0.2) is 11.8 Å². The van der Waals surface area contributed by atoms with Gasteiger partial charge in [0.1, 0.15) is 17.1 Å². The largest absolute Gasteiger partial charge is 0.508 e. The average molecular weight is 550 g/mol. The fourth-order valence-electron chi connectivity index (χ4n) is 5.64. The lowest BCUT2D eigenvalue weighted by Crippen LogP contribution is -2.51. The topological polar surface area (TPSA) is 132 Å². The Balaban J connectivity index is 1.47. The summed E-state index contributed by atoms with van der Waals surface area (Å²) in [5.74, 6) is -0.109. The summed E-state index contributed by atoms with van der Waals surface area (Å²) in [5, 5.41) is 26.3. The Kier molecular flexibility index (Phi) is 6.74. The second kappa shape index (κ2) is 10.3. The molecule has 2 aliphatic heterocycles. The summed E-state index contributed by atoms with van der Waals surface area (Å²) in [7, 11) is 0. The molecule has 9 nitrogen and oxygen atoms in total. The molecule has 2 bridgehead atoms. The van der Waals surface area contributed by atoms with Gasteiger partial charge in [0.2, 0.25) is 0 Å².